The van der Waals surface area contributed by atoms with Crippen molar-refractivity contribution in [3.8, 4) is 17.1 Å². The van der Waals surface area contributed by atoms with Crippen LogP contribution in [-0.4, -0.2) is 23.3 Å². The van der Waals surface area contributed by atoms with Gasteiger partial charge in [0.1, 0.15) is 5.82 Å². The molecule has 2 aromatic heterocycles. The quantitative estimate of drug-likeness (QED) is 0.715. The van der Waals surface area contributed by atoms with Gasteiger partial charge in [-0.2, -0.15) is 13.2 Å². The van der Waals surface area contributed by atoms with Gasteiger partial charge in [-0.15, -0.1) is 0 Å². The maximum absolute atomic E-state index is 13.1. The fraction of sp³-hybridized carbons (Fsp3) is 0.125. The predicted molar refractivity (Wildman–Crippen MR) is 86.3 cm³/mol. The lowest BCUT2D eigenvalue weighted by Gasteiger charge is -2.08. The van der Waals surface area contributed by atoms with Crippen molar-refractivity contribution in [2.75, 3.05) is 0 Å². The molecule has 1 atom stereocenters. The molecule has 0 aliphatic rings. The fourth-order valence-corrected chi connectivity index (χ4v) is 2.79. The molecular weight excluding hydrogens is 355 g/mol. The molecule has 0 saturated heterocycles. The Morgan fingerprint density at radius 1 is 1.16 bits per heavy atom. The Morgan fingerprint density at radius 3 is 2.44 bits per heavy atom. The van der Waals surface area contributed by atoms with Crippen molar-refractivity contribution >= 4 is 11.1 Å². The third-order valence-electron chi connectivity index (χ3n) is 3.42. The molecule has 1 aromatic carbocycles. The largest absolute Gasteiger partial charge is 0.434 e. The Morgan fingerprint density at radius 2 is 1.88 bits per heavy atom. The molecule has 3 rings (SSSR count). The molecule has 130 valence electrons. The molecule has 0 aliphatic carbocycles. The smallest absolute Gasteiger partial charge is 0.306 e. The molecule has 0 amide bonds. The van der Waals surface area contributed by atoms with Crippen LogP contribution in [0, 0.1) is 0 Å². The summed E-state index contributed by atoms with van der Waals surface area (Å²) in [6.07, 6.45) is -0.703. The first-order chi connectivity index (χ1) is 11.8. The molecule has 3 aromatic rings. The van der Waals surface area contributed by atoms with Gasteiger partial charge >= 0.3 is 6.18 Å². The van der Waals surface area contributed by atoms with Gasteiger partial charge in [0.15, 0.2) is 16.8 Å². The lowest BCUT2D eigenvalue weighted by molar-refractivity contribution is -0.140. The molecule has 9 heteroatoms. The van der Waals surface area contributed by atoms with Crippen LogP contribution in [0.15, 0.2) is 55.0 Å². The first-order valence-electron chi connectivity index (χ1n) is 7.08. The molecule has 0 aliphatic heterocycles. The van der Waals surface area contributed by atoms with E-state index in [1.807, 2.05) is 0 Å². The summed E-state index contributed by atoms with van der Waals surface area (Å²) in [4.78, 5) is 7.63. The second-order valence-electron chi connectivity index (χ2n) is 5.19. The fourth-order valence-electron chi connectivity index (χ4n) is 2.31. The number of pyridine rings is 1. The Bertz CT molecular complexity index is 893. The highest BCUT2D eigenvalue weighted by Gasteiger charge is 2.35. The molecule has 1 N–H and O–H groups in total. The van der Waals surface area contributed by atoms with Crippen LogP contribution in [0.25, 0.3) is 17.1 Å². The van der Waals surface area contributed by atoms with E-state index in [1.165, 1.54) is 17.0 Å². The lowest BCUT2D eigenvalue weighted by atomic mass is 10.2. The van der Waals surface area contributed by atoms with Gasteiger partial charge in [0.25, 0.3) is 0 Å². The number of hydrogen-bond acceptors (Lipinski definition) is 3. The van der Waals surface area contributed by atoms with E-state index in [0.29, 0.717) is 16.8 Å². The van der Waals surface area contributed by atoms with Crippen LogP contribution in [-0.2, 0) is 23.0 Å². The maximum atomic E-state index is 13.1. The van der Waals surface area contributed by atoms with Crippen molar-refractivity contribution in [1.82, 2.24) is 14.5 Å². The third kappa shape index (κ3) is 3.94. The average molecular weight is 367 g/mol. The Hall–Kier alpha value is -2.52. The van der Waals surface area contributed by atoms with Crippen LogP contribution in [0.5, 0.6) is 0 Å². The minimum absolute atomic E-state index is 0.0481. The topological polar surface area (TPSA) is 68.0 Å². The number of hydrogen-bond donors (Lipinski definition) is 1. The second kappa shape index (κ2) is 6.77. The lowest BCUT2D eigenvalue weighted by Crippen LogP contribution is -2.05. The van der Waals surface area contributed by atoms with Gasteiger partial charge in [-0.3, -0.25) is 9.55 Å². The van der Waals surface area contributed by atoms with Crippen LogP contribution in [0.4, 0.5) is 13.2 Å². The molecule has 0 radical (unpaired) electrons. The summed E-state index contributed by atoms with van der Waals surface area (Å²) in [5.41, 5.74) is 0.489. The predicted octanol–water partition coefficient (Wildman–Crippen LogP) is 3.67. The zero-order chi connectivity index (χ0) is 18.0. The highest BCUT2D eigenvalue weighted by Crippen LogP contribution is 2.32. The molecule has 25 heavy (non-hydrogen) atoms. The number of benzene rings is 1. The summed E-state index contributed by atoms with van der Waals surface area (Å²) in [5, 5.41) is 0. The van der Waals surface area contributed by atoms with E-state index in [2.05, 4.69) is 9.97 Å². The summed E-state index contributed by atoms with van der Waals surface area (Å²) in [5.74, 6) is 0.0620. The van der Waals surface area contributed by atoms with Crippen molar-refractivity contribution in [2.24, 2.45) is 0 Å². The summed E-state index contributed by atoms with van der Waals surface area (Å²) in [7, 11) is 0. The van der Waals surface area contributed by atoms with Crippen molar-refractivity contribution in [3.05, 3.63) is 66.2 Å². The molecule has 5 nitrogen and oxygen atoms in total. The van der Waals surface area contributed by atoms with Crippen molar-refractivity contribution in [1.29, 1.82) is 0 Å². The number of nitrogens with zero attached hydrogens (tertiary/aromatic N) is 3. The summed E-state index contributed by atoms with van der Waals surface area (Å²) in [6, 6.07) is 9.55. The SMILES string of the molecule is O=S(O)Cc1ccc(-n2cc(C(F)(F)F)nc2-c2cccnc2)cc1. The summed E-state index contributed by atoms with van der Waals surface area (Å²) in [6.45, 7) is 0. The van der Waals surface area contributed by atoms with Crippen molar-refractivity contribution in [3.63, 3.8) is 0 Å². The minimum atomic E-state index is -4.57. The molecular formula is C16H12F3N3O2S. The van der Waals surface area contributed by atoms with E-state index in [1.54, 1.807) is 36.4 Å². The number of halogens is 3. The molecule has 0 fully saturated rings. The number of imidazole rings is 1. The van der Waals surface area contributed by atoms with E-state index in [4.69, 9.17) is 4.55 Å². The summed E-state index contributed by atoms with van der Waals surface area (Å²) >= 11 is -1.99. The van der Waals surface area contributed by atoms with Crippen LogP contribution >= 0.6 is 0 Å². The Kier molecular flexibility index (Phi) is 4.69. The van der Waals surface area contributed by atoms with Crippen LogP contribution in [0.2, 0.25) is 0 Å². The molecule has 0 bridgehead atoms. The van der Waals surface area contributed by atoms with Crippen LogP contribution < -0.4 is 0 Å². The zero-order valence-electron chi connectivity index (χ0n) is 12.6. The highest BCUT2D eigenvalue weighted by molar-refractivity contribution is 7.78. The van der Waals surface area contributed by atoms with E-state index in [-0.39, 0.29) is 11.6 Å². The van der Waals surface area contributed by atoms with E-state index in [0.717, 1.165) is 6.20 Å². The molecule has 0 spiro atoms. The van der Waals surface area contributed by atoms with Gasteiger partial charge < -0.3 is 4.55 Å². The number of aromatic nitrogens is 3. The standard InChI is InChI=1S/C16H12F3N3O2S/c17-16(18,19)14-9-22(15(21-14)12-2-1-7-20-8-12)13-5-3-11(4-6-13)10-25(23)24/h1-9H,10H2,(H,23,24). The van der Waals surface area contributed by atoms with Gasteiger partial charge in [-0.1, -0.05) is 12.1 Å². The van der Waals surface area contributed by atoms with E-state index in [9.17, 15) is 17.4 Å². The van der Waals surface area contributed by atoms with Gasteiger partial charge in [0.05, 0.1) is 5.75 Å². The zero-order valence-corrected chi connectivity index (χ0v) is 13.5. The van der Waals surface area contributed by atoms with E-state index < -0.39 is 23.0 Å². The minimum Gasteiger partial charge on any atom is -0.306 e. The molecule has 2 heterocycles. The number of alkyl halides is 3. The van der Waals surface area contributed by atoms with Crippen LogP contribution in [0.3, 0.4) is 0 Å². The first kappa shape index (κ1) is 17.3. The van der Waals surface area contributed by atoms with Gasteiger partial charge in [0.2, 0.25) is 0 Å². The molecule has 1 unspecified atom stereocenters. The summed E-state index contributed by atoms with van der Waals surface area (Å²) < 4.78 is 60.3. The molecule has 0 saturated carbocycles. The highest BCUT2D eigenvalue weighted by atomic mass is 32.2. The third-order valence-corrected chi connectivity index (χ3v) is 4.00. The second-order valence-corrected chi connectivity index (χ2v) is 6.12. The Balaban J connectivity index is 2.08. The number of rotatable bonds is 4. The monoisotopic (exact) mass is 367 g/mol. The maximum Gasteiger partial charge on any atom is 0.434 e. The van der Waals surface area contributed by atoms with Gasteiger partial charge in [-0.25, -0.2) is 9.19 Å². The van der Waals surface area contributed by atoms with Gasteiger partial charge in [-0.05, 0) is 29.8 Å². The average Bonchev–Trinajstić information content (AvgIpc) is 3.01. The van der Waals surface area contributed by atoms with Crippen molar-refractivity contribution < 1.29 is 21.9 Å². The van der Waals surface area contributed by atoms with E-state index >= 15 is 0 Å². The van der Waals surface area contributed by atoms with Gasteiger partial charge in [0, 0.05) is 29.8 Å². The van der Waals surface area contributed by atoms with Crippen molar-refractivity contribution in [2.45, 2.75) is 11.9 Å². The van der Waals surface area contributed by atoms with Crippen LogP contribution in [0.1, 0.15) is 11.3 Å². The first-order valence-corrected chi connectivity index (χ1v) is 8.36. The Labute approximate surface area is 143 Å². The normalized spacial score (nSPS) is 13.0.